The van der Waals surface area contributed by atoms with Crippen molar-refractivity contribution in [1.82, 2.24) is 5.32 Å². The molecule has 88 valence electrons. The molecule has 3 nitrogen and oxygen atoms in total. The SMILES string of the molecule is CCCCOC(=O)[C@@H]1C[C@@H](C(F)F)CN1. The molecule has 0 aliphatic carbocycles. The van der Waals surface area contributed by atoms with E-state index < -0.39 is 24.4 Å². The molecule has 1 rings (SSSR count). The molecule has 0 aromatic carbocycles. The van der Waals surface area contributed by atoms with Crippen LogP contribution in [0.25, 0.3) is 0 Å². The first kappa shape index (κ1) is 12.4. The molecular weight excluding hydrogens is 204 g/mol. The molecule has 0 bridgehead atoms. The molecule has 1 N–H and O–H groups in total. The molecule has 0 radical (unpaired) electrons. The van der Waals surface area contributed by atoms with Crippen molar-refractivity contribution in [3.63, 3.8) is 0 Å². The van der Waals surface area contributed by atoms with Crippen LogP contribution in [0.2, 0.25) is 0 Å². The highest BCUT2D eigenvalue weighted by molar-refractivity contribution is 5.76. The van der Waals surface area contributed by atoms with E-state index in [2.05, 4.69) is 5.32 Å². The van der Waals surface area contributed by atoms with Gasteiger partial charge in [0, 0.05) is 12.5 Å². The minimum atomic E-state index is -2.36. The first-order valence-electron chi connectivity index (χ1n) is 5.33. The molecule has 1 aliphatic heterocycles. The van der Waals surface area contributed by atoms with Gasteiger partial charge in [0.2, 0.25) is 6.43 Å². The Labute approximate surface area is 88.2 Å². The molecule has 0 unspecified atom stereocenters. The summed E-state index contributed by atoms with van der Waals surface area (Å²) in [6.45, 7) is 2.58. The van der Waals surface area contributed by atoms with Crippen molar-refractivity contribution in [2.24, 2.45) is 5.92 Å². The van der Waals surface area contributed by atoms with Crippen LogP contribution < -0.4 is 5.32 Å². The number of esters is 1. The quantitative estimate of drug-likeness (QED) is 0.565. The van der Waals surface area contributed by atoms with E-state index in [4.69, 9.17) is 4.74 Å². The van der Waals surface area contributed by atoms with Crippen molar-refractivity contribution in [2.45, 2.75) is 38.7 Å². The Balaban J connectivity index is 2.24. The topological polar surface area (TPSA) is 38.3 Å². The van der Waals surface area contributed by atoms with Gasteiger partial charge < -0.3 is 10.1 Å². The summed E-state index contributed by atoms with van der Waals surface area (Å²) < 4.78 is 29.5. The Kier molecular flexibility index (Phi) is 4.94. The lowest BCUT2D eigenvalue weighted by atomic mass is 10.1. The molecule has 1 saturated heterocycles. The molecule has 1 aliphatic rings. The highest BCUT2D eigenvalue weighted by Crippen LogP contribution is 2.21. The van der Waals surface area contributed by atoms with Gasteiger partial charge in [0.25, 0.3) is 0 Å². The van der Waals surface area contributed by atoms with Crippen molar-refractivity contribution < 1.29 is 18.3 Å². The molecule has 15 heavy (non-hydrogen) atoms. The molecule has 0 aromatic heterocycles. The molecule has 0 spiro atoms. The van der Waals surface area contributed by atoms with Crippen LogP contribution >= 0.6 is 0 Å². The summed E-state index contributed by atoms with van der Waals surface area (Å²) in [4.78, 5) is 11.4. The number of hydrogen-bond donors (Lipinski definition) is 1. The summed E-state index contributed by atoms with van der Waals surface area (Å²) in [6, 6.07) is -0.541. The number of unbranched alkanes of at least 4 members (excludes halogenated alkanes) is 1. The lowest BCUT2D eigenvalue weighted by molar-refractivity contribution is -0.146. The van der Waals surface area contributed by atoms with Crippen molar-refractivity contribution in [3.8, 4) is 0 Å². The van der Waals surface area contributed by atoms with Crippen LogP contribution in [0.15, 0.2) is 0 Å². The van der Waals surface area contributed by atoms with Gasteiger partial charge in [-0.15, -0.1) is 0 Å². The van der Waals surface area contributed by atoms with Crippen LogP contribution in [0.1, 0.15) is 26.2 Å². The zero-order valence-corrected chi connectivity index (χ0v) is 8.84. The summed E-state index contributed by atoms with van der Waals surface area (Å²) in [7, 11) is 0. The molecule has 1 heterocycles. The van der Waals surface area contributed by atoms with Gasteiger partial charge in [-0.05, 0) is 12.8 Å². The maximum atomic E-state index is 12.3. The van der Waals surface area contributed by atoms with Gasteiger partial charge in [0.1, 0.15) is 6.04 Å². The summed E-state index contributed by atoms with van der Waals surface area (Å²) in [5.41, 5.74) is 0. The van der Waals surface area contributed by atoms with E-state index in [9.17, 15) is 13.6 Å². The summed E-state index contributed by atoms with van der Waals surface area (Å²) in [6.07, 6.45) is -0.407. The molecule has 0 amide bonds. The average Bonchev–Trinajstić information content (AvgIpc) is 2.66. The predicted octanol–water partition coefficient (Wildman–Crippen LogP) is 1.57. The number of carbonyl (C=O) groups is 1. The number of rotatable bonds is 5. The van der Waals surface area contributed by atoms with E-state index in [0.717, 1.165) is 12.8 Å². The normalized spacial score (nSPS) is 25.9. The molecular formula is C10H17F2NO2. The van der Waals surface area contributed by atoms with E-state index >= 15 is 0 Å². The number of nitrogens with one attached hydrogen (secondary N) is 1. The van der Waals surface area contributed by atoms with Crippen molar-refractivity contribution in [3.05, 3.63) is 0 Å². The predicted molar refractivity (Wildman–Crippen MR) is 51.8 cm³/mol. The standard InChI is InChI=1S/C10H17F2NO2/c1-2-3-4-15-10(14)8-5-7(6-13-8)9(11)12/h7-9,13H,2-6H2,1H3/t7-,8+/m1/s1. The van der Waals surface area contributed by atoms with Crippen molar-refractivity contribution in [2.75, 3.05) is 13.2 Å². The van der Waals surface area contributed by atoms with Gasteiger partial charge in [0.05, 0.1) is 6.61 Å². The second-order valence-corrected chi connectivity index (χ2v) is 3.81. The number of halogens is 2. The van der Waals surface area contributed by atoms with E-state index in [-0.39, 0.29) is 13.0 Å². The van der Waals surface area contributed by atoms with Crippen molar-refractivity contribution >= 4 is 5.97 Å². The second-order valence-electron chi connectivity index (χ2n) is 3.81. The Bertz CT molecular complexity index is 212. The summed E-state index contributed by atoms with van der Waals surface area (Å²) >= 11 is 0. The fourth-order valence-corrected chi connectivity index (χ4v) is 1.55. The van der Waals surface area contributed by atoms with Gasteiger partial charge in [0.15, 0.2) is 0 Å². The molecule has 5 heteroatoms. The lowest BCUT2D eigenvalue weighted by Gasteiger charge is -2.10. The van der Waals surface area contributed by atoms with Gasteiger partial charge in [-0.2, -0.15) is 0 Å². The largest absolute Gasteiger partial charge is 0.465 e. The average molecular weight is 221 g/mol. The monoisotopic (exact) mass is 221 g/mol. The van der Waals surface area contributed by atoms with Gasteiger partial charge in [-0.3, -0.25) is 4.79 Å². The smallest absolute Gasteiger partial charge is 0.323 e. The Hall–Kier alpha value is -0.710. The molecule has 1 fully saturated rings. The Morgan fingerprint density at radius 3 is 2.87 bits per heavy atom. The van der Waals surface area contributed by atoms with Gasteiger partial charge in [-0.1, -0.05) is 13.3 Å². The maximum absolute atomic E-state index is 12.3. The third-order valence-corrected chi connectivity index (χ3v) is 2.55. The molecule has 0 aromatic rings. The minimum absolute atomic E-state index is 0.183. The van der Waals surface area contributed by atoms with E-state index in [0.29, 0.717) is 6.61 Å². The number of carbonyl (C=O) groups excluding carboxylic acids is 1. The van der Waals surface area contributed by atoms with Gasteiger partial charge >= 0.3 is 5.97 Å². The van der Waals surface area contributed by atoms with Crippen LogP contribution in [-0.2, 0) is 9.53 Å². The highest BCUT2D eigenvalue weighted by atomic mass is 19.3. The van der Waals surface area contributed by atoms with E-state index in [1.165, 1.54) is 0 Å². The van der Waals surface area contributed by atoms with Crippen LogP contribution in [0.4, 0.5) is 8.78 Å². The minimum Gasteiger partial charge on any atom is -0.465 e. The van der Waals surface area contributed by atoms with E-state index in [1.54, 1.807) is 0 Å². The number of ether oxygens (including phenoxy) is 1. The van der Waals surface area contributed by atoms with E-state index in [1.807, 2.05) is 6.92 Å². The Morgan fingerprint density at radius 1 is 1.60 bits per heavy atom. The molecule has 0 saturated carbocycles. The summed E-state index contributed by atoms with van der Waals surface area (Å²) in [5.74, 6) is -1.11. The molecule has 2 atom stereocenters. The zero-order valence-electron chi connectivity index (χ0n) is 8.84. The zero-order chi connectivity index (χ0) is 11.3. The third kappa shape index (κ3) is 3.74. The number of alkyl halides is 2. The fourth-order valence-electron chi connectivity index (χ4n) is 1.55. The van der Waals surface area contributed by atoms with Crippen LogP contribution in [0, 0.1) is 5.92 Å². The third-order valence-electron chi connectivity index (χ3n) is 2.55. The summed E-state index contributed by atoms with van der Waals surface area (Å²) in [5, 5.41) is 2.76. The van der Waals surface area contributed by atoms with Crippen LogP contribution in [-0.4, -0.2) is 31.6 Å². The lowest BCUT2D eigenvalue weighted by Crippen LogP contribution is -2.32. The first-order chi connectivity index (χ1) is 7.15. The number of hydrogen-bond acceptors (Lipinski definition) is 3. The maximum Gasteiger partial charge on any atom is 0.323 e. The highest BCUT2D eigenvalue weighted by Gasteiger charge is 2.35. The Morgan fingerprint density at radius 2 is 2.33 bits per heavy atom. The first-order valence-corrected chi connectivity index (χ1v) is 5.33. The van der Waals surface area contributed by atoms with Crippen LogP contribution in [0.3, 0.4) is 0 Å². The fraction of sp³-hybridized carbons (Fsp3) is 0.900. The second kappa shape index (κ2) is 6.00. The van der Waals surface area contributed by atoms with Gasteiger partial charge in [-0.25, -0.2) is 8.78 Å². The van der Waals surface area contributed by atoms with Crippen molar-refractivity contribution in [1.29, 1.82) is 0 Å². The van der Waals surface area contributed by atoms with Crippen LogP contribution in [0.5, 0.6) is 0 Å².